The number of hydrogen-bond donors (Lipinski definition) is 1. The number of aliphatic hydroxyl groups is 1. The van der Waals surface area contributed by atoms with Gasteiger partial charge in [0.15, 0.2) is 5.13 Å². The Labute approximate surface area is 247 Å². The van der Waals surface area contributed by atoms with Crippen LogP contribution in [0.15, 0.2) is 66.2 Å². The van der Waals surface area contributed by atoms with Crippen LogP contribution in [0.5, 0.6) is 11.5 Å². The van der Waals surface area contributed by atoms with E-state index in [1.54, 1.807) is 30.3 Å². The van der Waals surface area contributed by atoms with Crippen LogP contribution in [0.2, 0.25) is 5.02 Å². The molecule has 3 aromatic carbocycles. The number of thiazole rings is 1. The molecule has 4 aromatic rings. The Morgan fingerprint density at radius 1 is 1.15 bits per heavy atom. The number of ketones is 1. The summed E-state index contributed by atoms with van der Waals surface area (Å²) in [6.45, 7) is 4.67. The Hall–Kier alpha value is -3.88. The molecule has 2 aliphatic heterocycles. The maximum absolute atomic E-state index is 13.7. The lowest BCUT2D eigenvalue weighted by molar-refractivity contribution is -0.132. The number of benzene rings is 3. The van der Waals surface area contributed by atoms with Crippen LogP contribution in [0.3, 0.4) is 0 Å². The van der Waals surface area contributed by atoms with Gasteiger partial charge in [0.05, 0.1) is 28.4 Å². The van der Waals surface area contributed by atoms with Crippen LogP contribution in [-0.2, 0) is 16.0 Å². The van der Waals surface area contributed by atoms with Crippen molar-refractivity contribution >= 4 is 55.7 Å². The van der Waals surface area contributed by atoms with E-state index in [1.807, 2.05) is 37.3 Å². The van der Waals surface area contributed by atoms with E-state index in [0.717, 1.165) is 35.3 Å². The minimum Gasteiger partial charge on any atom is -0.507 e. The summed E-state index contributed by atoms with van der Waals surface area (Å²) in [6, 6.07) is 17.0. The summed E-state index contributed by atoms with van der Waals surface area (Å²) in [6.07, 6.45) is 3.79. The Morgan fingerprint density at radius 3 is 2.83 bits per heavy atom. The average Bonchev–Trinajstić information content (AvgIpc) is 3.62. The van der Waals surface area contributed by atoms with E-state index in [4.69, 9.17) is 21.1 Å². The highest BCUT2D eigenvalue weighted by molar-refractivity contribution is 7.22. The van der Waals surface area contributed by atoms with Gasteiger partial charge in [0, 0.05) is 17.0 Å². The van der Waals surface area contributed by atoms with Gasteiger partial charge in [0.2, 0.25) is 0 Å². The summed E-state index contributed by atoms with van der Waals surface area (Å²) in [5.74, 6) is -0.383. The van der Waals surface area contributed by atoms with Crippen molar-refractivity contribution in [3.05, 3.63) is 87.9 Å². The molecule has 1 saturated heterocycles. The predicted molar refractivity (Wildman–Crippen MR) is 161 cm³/mol. The number of hydrogen-bond acceptors (Lipinski definition) is 7. The number of amides is 1. The highest BCUT2D eigenvalue weighted by atomic mass is 35.5. The van der Waals surface area contributed by atoms with E-state index in [1.165, 1.54) is 16.2 Å². The first kappa shape index (κ1) is 27.3. The molecule has 210 valence electrons. The van der Waals surface area contributed by atoms with Gasteiger partial charge in [-0.1, -0.05) is 54.8 Å². The quantitative estimate of drug-likeness (QED) is 0.0994. The summed E-state index contributed by atoms with van der Waals surface area (Å²) in [5.41, 5.74) is 2.69. The highest BCUT2D eigenvalue weighted by Crippen LogP contribution is 2.45. The third-order valence-electron chi connectivity index (χ3n) is 7.35. The standard InChI is InChI=1S/C32H29ClN2O5S/c1-3-4-5-13-39-23-8-6-7-19(16-23)28-27(29(36)20-9-12-25-21(15-20)14-18(2)40-25)30(37)31(38)35(28)32-34-24-11-10-22(33)17-26(24)41-32/h6-12,15-18,28,36H,3-5,13-14H2,1-2H3/b29-27+/t18-,28-/m1/s1. The maximum atomic E-state index is 13.7. The summed E-state index contributed by atoms with van der Waals surface area (Å²) < 4.78 is 12.6. The van der Waals surface area contributed by atoms with Crippen molar-refractivity contribution in [1.82, 2.24) is 4.98 Å². The zero-order chi connectivity index (χ0) is 28.7. The molecule has 7 nitrogen and oxygen atoms in total. The lowest BCUT2D eigenvalue weighted by atomic mass is 9.94. The van der Waals surface area contributed by atoms with Gasteiger partial charge in [0.25, 0.3) is 5.78 Å². The molecule has 0 spiro atoms. The number of aromatic nitrogens is 1. The second-order valence-electron chi connectivity index (χ2n) is 10.4. The average molecular weight is 589 g/mol. The van der Waals surface area contributed by atoms with Crippen molar-refractivity contribution in [2.75, 3.05) is 11.5 Å². The number of anilines is 1. The van der Waals surface area contributed by atoms with E-state index in [0.29, 0.717) is 45.6 Å². The number of carbonyl (C=O) groups is 2. The van der Waals surface area contributed by atoms with Crippen molar-refractivity contribution in [1.29, 1.82) is 0 Å². The molecule has 2 atom stereocenters. The number of carbonyl (C=O) groups excluding carboxylic acids is 2. The third-order valence-corrected chi connectivity index (χ3v) is 8.60. The third kappa shape index (κ3) is 5.18. The molecule has 0 bridgehead atoms. The number of nitrogens with zero attached hydrogens (tertiary/aromatic N) is 2. The fraction of sp³-hybridized carbons (Fsp3) is 0.281. The second-order valence-corrected chi connectivity index (χ2v) is 11.8. The lowest BCUT2D eigenvalue weighted by Gasteiger charge is -2.23. The molecule has 0 radical (unpaired) electrons. The molecule has 41 heavy (non-hydrogen) atoms. The van der Waals surface area contributed by atoms with Gasteiger partial charge in [-0.15, -0.1) is 0 Å². The number of Topliss-reactive ketones (excluding diaryl/α,β-unsaturated/α-hetero) is 1. The maximum Gasteiger partial charge on any atom is 0.301 e. The molecular weight excluding hydrogens is 560 g/mol. The molecular formula is C32H29ClN2O5S. The Balaban J connectivity index is 1.47. The summed E-state index contributed by atoms with van der Waals surface area (Å²) in [7, 11) is 0. The van der Waals surface area contributed by atoms with Crippen molar-refractivity contribution < 1.29 is 24.2 Å². The van der Waals surface area contributed by atoms with Gasteiger partial charge in [0.1, 0.15) is 23.4 Å². The SMILES string of the molecule is CCCCCOc1cccc([C@@H]2/C(=C(\O)c3ccc4c(c3)C[C@@H](C)O4)C(=O)C(=O)N2c2nc3ccc(Cl)cc3s2)c1. The minimum atomic E-state index is -0.909. The zero-order valence-corrected chi connectivity index (χ0v) is 24.3. The number of unbranched alkanes of at least 4 members (excludes halogenated alkanes) is 2. The summed E-state index contributed by atoms with van der Waals surface area (Å²) in [5, 5.41) is 12.5. The Morgan fingerprint density at radius 2 is 2.00 bits per heavy atom. The topological polar surface area (TPSA) is 89.0 Å². The van der Waals surface area contributed by atoms with E-state index in [9.17, 15) is 14.7 Å². The molecule has 1 fully saturated rings. The highest BCUT2D eigenvalue weighted by Gasteiger charge is 2.48. The second kappa shape index (κ2) is 11.2. The molecule has 1 aromatic heterocycles. The van der Waals surface area contributed by atoms with Crippen LogP contribution >= 0.6 is 22.9 Å². The number of halogens is 1. The van der Waals surface area contributed by atoms with Crippen LogP contribution in [0.25, 0.3) is 16.0 Å². The molecule has 0 aliphatic carbocycles. The van der Waals surface area contributed by atoms with Crippen molar-refractivity contribution in [2.45, 2.75) is 51.7 Å². The smallest absolute Gasteiger partial charge is 0.301 e. The monoisotopic (exact) mass is 588 g/mol. The molecule has 0 saturated carbocycles. The molecule has 1 amide bonds. The molecule has 0 unspecified atom stereocenters. The number of aliphatic hydroxyl groups excluding tert-OH is 1. The first-order valence-corrected chi connectivity index (χ1v) is 14.9. The predicted octanol–water partition coefficient (Wildman–Crippen LogP) is 7.47. The summed E-state index contributed by atoms with van der Waals surface area (Å²) >= 11 is 7.47. The number of ether oxygens (including phenoxy) is 2. The van der Waals surface area contributed by atoms with Crippen molar-refractivity contribution in [2.24, 2.45) is 0 Å². The fourth-order valence-corrected chi connectivity index (χ4v) is 6.64. The van der Waals surface area contributed by atoms with Gasteiger partial charge in [-0.05, 0) is 73.0 Å². The van der Waals surface area contributed by atoms with Gasteiger partial charge < -0.3 is 14.6 Å². The first-order chi connectivity index (χ1) is 19.8. The Kier molecular flexibility index (Phi) is 7.45. The normalized spacial score (nSPS) is 19.5. The molecule has 1 N–H and O–H groups in total. The van der Waals surface area contributed by atoms with Crippen LogP contribution in [0, 0.1) is 0 Å². The largest absolute Gasteiger partial charge is 0.507 e. The van der Waals surface area contributed by atoms with Crippen LogP contribution in [0.1, 0.15) is 55.8 Å². The van der Waals surface area contributed by atoms with Gasteiger partial charge >= 0.3 is 5.91 Å². The van der Waals surface area contributed by atoms with E-state index >= 15 is 0 Å². The van der Waals surface area contributed by atoms with Gasteiger partial charge in [-0.3, -0.25) is 14.5 Å². The number of fused-ring (bicyclic) bond motifs is 2. The van der Waals surface area contributed by atoms with Gasteiger partial charge in [-0.25, -0.2) is 4.98 Å². The van der Waals surface area contributed by atoms with E-state index in [-0.39, 0.29) is 17.4 Å². The van der Waals surface area contributed by atoms with Crippen molar-refractivity contribution in [3.8, 4) is 11.5 Å². The first-order valence-electron chi connectivity index (χ1n) is 13.7. The Bertz CT molecular complexity index is 1700. The molecule has 3 heterocycles. The zero-order valence-electron chi connectivity index (χ0n) is 22.7. The molecule has 2 aliphatic rings. The van der Waals surface area contributed by atoms with Gasteiger partial charge in [-0.2, -0.15) is 0 Å². The minimum absolute atomic E-state index is 0.00216. The van der Waals surface area contributed by atoms with E-state index in [2.05, 4.69) is 11.9 Å². The van der Waals surface area contributed by atoms with Crippen molar-refractivity contribution in [3.63, 3.8) is 0 Å². The van der Waals surface area contributed by atoms with Crippen LogP contribution < -0.4 is 14.4 Å². The van der Waals surface area contributed by atoms with E-state index < -0.39 is 17.7 Å². The lowest BCUT2D eigenvalue weighted by Crippen LogP contribution is -2.29. The fourth-order valence-electron chi connectivity index (χ4n) is 5.38. The van der Waals surface area contributed by atoms with Crippen LogP contribution in [0.4, 0.5) is 5.13 Å². The molecule has 9 heteroatoms. The molecule has 6 rings (SSSR count). The number of rotatable bonds is 8. The summed E-state index contributed by atoms with van der Waals surface area (Å²) in [4.78, 5) is 33.4. The van der Waals surface area contributed by atoms with Crippen LogP contribution in [-0.4, -0.2) is 34.5 Å².